The molecule has 0 amide bonds. The van der Waals surface area contributed by atoms with Crippen molar-refractivity contribution in [2.24, 2.45) is 7.05 Å². The maximum Gasteiger partial charge on any atom is 0.132 e. The van der Waals surface area contributed by atoms with Gasteiger partial charge in [-0.2, -0.15) is 0 Å². The number of aryl methyl sites for hydroxylation is 1. The van der Waals surface area contributed by atoms with Gasteiger partial charge in [0.05, 0.1) is 5.69 Å². The van der Waals surface area contributed by atoms with Crippen LogP contribution in [0.3, 0.4) is 0 Å². The first-order valence-corrected chi connectivity index (χ1v) is 6.13. The third kappa shape index (κ3) is 1.88. The van der Waals surface area contributed by atoms with Crippen LogP contribution < -0.4 is 0 Å². The maximum absolute atomic E-state index is 4.39. The number of rotatable bonds is 1. The Kier molecular flexibility index (Phi) is 2.98. The molecule has 0 atom stereocenters. The van der Waals surface area contributed by atoms with Crippen molar-refractivity contribution in [1.29, 1.82) is 0 Å². The Labute approximate surface area is 106 Å². The second-order valence-electron chi connectivity index (χ2n) is 3.34. The summed E-state index contributed by atoms with van der Waals surface area (Å²) in [6, 6.07) is 8.13. The topological polar surface area (TPSA) is 17.8 Å². The first kappa shape index (κ1) is 10.9. The zero-order valence-corrected chi connectivity index (χ0v) is 11.6. The maximum atomic E-state index is 4.39. The Bertz CT molecular complexity index is 503. The van der Waals surface area contributed by atoms with Crippen molar-refractivity contribution < 1.29 is 0 Å². The van der Waals surface area contributed by atoms with Crippen molar-refractivity contribution in [1.82, 2.24) is 9.55 Å². The minimum atomic E-state index is 0.884. The number of aromatic nitrogens is 2. The molecule has 0 N–H and O–H groups in total. The molecule has 2 rings (SSSR count). The van der Waals surface area contributed by atoms with Crippen LogP contribution in [0.5, 0.6) is 0 Å². The molecule has 0 saturated heterocycles. The summed E-state index contributed by atoms with van der Waals surface area (Å²) in [5.74, 6) is 0.993. The van der Waals surface area contributed by atoms with Gasteiger partial charge >= 0.3 is 0 Å². The van der Waals surface area contributed by atoms with Gasteiger partial charge in [0.25, 0.3) is 0 Å². The third-order valence-electron chi connectivity index (χ3n) is 2.41. The van der Waals surface area contributed by atoms with Gasteiger partial charge in [-0.3, -0.25) is 0 Å². The van der Waals surface area contributed by atoms with Crippen molar-refractivity contribution in [3.05, 3.63) is 39.2 Å². The largest absolute Gasteiger partial charge is 0.330 e. The van der Waals surface area contributed by atoms with Crippen molar-refractivity contribution >= 4 is 31.9 Å². The van der Waals surface area contributed by atoms with Gasteiger partial charge in [0.15, 0.2) is 0 Å². The van der Waals surface area contributed by atoms with E-state index in [1.165, 1.54) is 0 Å². The lowest BCUT2D eigenvalue weighted by molar-refractivity contribution is 0.864. The summed E-state index contributed by atoms with van der Waals surface area (Å²) in [6.07, 6.45) is 0. The van der Waals surface area contributed by atoms with E-state index in [1.54, 1.807) is 0 Å². The summed E-state index contributed by atoms with van der Waals surface area (Å²) in [5.41, 5.74) is 2.24. The molecule has 0 aliphatic carbocycles. The molecule has 1 heterocycles. The average Bonchev–Trinajstić information content (AvgIpc) is 2.43. The van der Waals surface area contributed by atoms with E-state index in [9.17, 15) is 0 Å². The molecule has 15 heavy (non-hydrogen) atoms. The van der Waals surface area contributed by atoms with Crippen LogP contribution in [-0.4, -0.2) is 9.55 Å². The summed E-state index contributed by atoms with van der Waals surface area (Å²) in [6.45, 7) is 1.99. The highest BCUT2D eigenvalue weighted by Crippen LogP contribution is 2.33. The molecule has 0 saturated carbocycles. The van der Waals surface area contributed by atoms with Crippen LogP contribution in [0, 0.1) is 6.92 Å². The fourth-order valence-corrected chi connectivity index (χ4v) is 2.72. The highest BCUT2D eigenvalue weighted by atomic mass is 79.9. The molecular formula is C11H10Br2N2. The minimum absolute atomic E-state index is 0.884. The quantitative estimate of drug-likeness (QED) is 0.775. The van der Waals surface area contributed by atoms with Crippen LogP contribution in [0.25, 0.3) is 11.3 Å². The van der Waals surface area contributed by atoms with Gasteiger partial charge in [0.1, 0.15) is 10.4 Å². The lowest BCUT2D eigenvalue weighted by Crippen LogP contribution is -1.94. The van der Waals surface area contributed by atoms with E-state index in [4.69, 9.17) is 0 Å². The first-order valence-electron chi connectivity index (χ1n) is 4.55. The number of hydrogen-bond acceptors (Lipinski definition) is 1. The zero-order valence-electron chi connectivity index (χ0n) is 8.46. The SMILES string of the molecule is Cc1nc(Br)c(-c2ccccc2Br)n1C. The Morgan fingerprint density at radius 1 is 1.20 bits per heavy atom. The molecule has 78 valence electrons. The normalized spacial score (nSPS) is 10.7. The molecule has 0 aliphatic rings. The predicted octanol–water partition coefficient (Wildman–Crippen LogP) is 3.92. The van der Waals surface area contributed by atoms with Gasteiger partial charge in [0.2, 0.25) is 0 Å². The average molecular weight is 330 g/mol. The molecule has 0 unspecified atom stereocenters. The fourth-order valence-electron chi connectivity index (χ4n) is 1.52. The summed E-state index contributed by atoms with van der Waals surface area (Å²) in [4.78, 5) is 4.39. The van der Waals surface area contributed by atoms with Crippen molar-refractivity contribution in [2.45, 2.75) is 6.92 Å². The summed E-state index contributed by atoms with van der Waals surface area (Å²) in [7, 11) is 2.02. The Morgan fingerprint density at radius 3 is 2.40 bits per heavy atom. The highest BCUT2D eigenvalue weighted by Gasteiger charge is 2.13. The number of imidazole rings is 1. The van der Waals surface area contributed by atoms with Crippen molar-refractivity contribution in [2.75, 3.05) is 0 Å². The Balaban J connectivity index is 2.69. The second-order valence-corrected chi connectivity index (χ2v) is 4.94. The number of nitrogens with zero attached hydrogens (tertiary/aromatic N) is 2. The molecule has 0 spiro atoms. The van der Waals surface area contributed by atoms with Crippen LogP contribution in [0.2, 0.25) is 0 Å². The van der Waals surface area contributed by atoms with Crippen LogP contribution >= 0.6 is 31.9 Å². The molecular weight excluding hydrogens is 320 g/mol. The van der Waals surface area contributed by atoms with E-state index >= 15 is 0 Å². The smallest absolute Gasteiger partial charge is 0.132 e. The number of benzene rings is 1. The lowest BCUT2D eigenvalue weighted by Gasteiger charge is -2.06. The van der Waals surface area contributed by atoms with Crippen molar-refractivity contribution in [3.63, 3.8) is 0 Å². The molecule has 0 fully saturated rings. The van der Waals surface area contributed by atoms with E-state index in [1.807, 2.05) is 32.2 Å². The lowest BCUT2D eigenvalue weighted by atomic mass is 10.2. The number of hydrogen-bond donors (Lipinski definition) is 0. The van der Waals surface area contributed by atoms with E-state index in [-0.39, 0.29) is 0 Å². The second kappa shape index (κ2) is 4.10. The van der Waals surface area contributed by atoms with Crippen LogP contribution in [0.1, 0.15) is 5.82 Å². The van der Waals surface area contributed by atoms with E-state index in [2.05, 4.69) is 47.5 Å². The minimum Gasteiger partial charge on any atom is -0.330 e. The monoisotopic (exact) mass is 328 g/mol. The Hall–Kier alpha value is -0.610. The van der Waals surface area contributed by atoms with E-state index in [0.717, 1.165) is 26.2 Å². The van der Waals surface area contributed by atoms with Gasteiger partial charge in [-0.15, -0.1) is 0 Å². The molecule has 1 aromatic carbocycles. The first-order chi connectivity index (χ1) is 7.11. The van der Waals surface area contributed by atoms with Crippen molar-refractivity contribution in [3.8, 4) is 11.3 Å². The molecule has 0 aliphatic heterocycles. The van der Waals surface area contributed by atoms with Gasteiger partial charge < -0.3 is 4.57 Å². The van der Waals surface area contributed by atoms with Gasteiger partial charge in [-0.1, -0.05) is 34.1 Å². The molecule has 2 aromatic rings. The zero-order chi connectivity index (χ0) is 11.0. The third-order valence-corrected chi connectivity index (χ3v) is 3.65. The molecule has 4 heteroatoms. The Morgan fingerprint density at radius 2 is 1.87 bits per heavy atom. The summed E-state index contributed by atoms with van der Waals surface area (Å²) < 4.78 is 4.03. The summed E-state index contributed by atoms with van der Waals surface area (Å²) >= 11 is 7.03. The van der Waals surface area contributed by atoms with Crippen LogP contribution in [0.15, 0.2) is 33.3 Å². The van der Waals surface area contributed by atoms with Gasteiger partial charge in [-0.25, -0.2) is 4.98 Å². The molecule has 1 aromatic heterocycles. The predicted molar refractivity (Wildman–Crippen MR) is 68.8 cm³/mol. The van der Waals surface area contributed by atoms with E-state index < -0.39 is 0 Å². The van der Waals surface area contributed by atoms with Crippen LogP contribution in [-0.2, 0) is 7.05 Å². The van der Waals surface area contributed by atoms with E-state index in [0.29, 0.717) is 0 Å². The standard InChI is InChI=1S/C11H10Br2N2/c1-7-14-11(13)10(15(7)2)8-5-3-4-6-9(8)12/h3-6H,1-2H3. The van der Waals surface area contributed by atoms with Gasteiger partial charge in [-0.05, 0) is 28.9 Å². The molecule has 0 bridgehead atoms. The molecule has 2 nitrogen and oxygen atoms in total. The fraction of sp³-hybridized carbons (Fsp3) is 0.182. The summed E-state index contributed by atoms with van der Waals surface area (Å²) in [5, 5.41) is 0. The highest BCUT2D eigenvalue weighted by molar-refractivity contribution is 9.11. The van der Waals surface area contributed by atoms with Gasteiger partial charge in [0, 0.05) is 17.1 Å². The number of halogens is 2. The molecule has 0 radical (unpaired) electrons. The van der Waals surface area contributed by atoms with Crippen LogP contribution in [0.4, 0.5) is 0 Å².